The van der Waals surface area contributed by atoms with Gasteiger partial charge in [0.25, 0.3) is 0 Å². The first-order valence-corrected chi connectivity index (χ1v) is 4.86. The monoisotopic (exact) mass is 213 g/mol. The standard InChI is InChI=1S/C12H11N3O/c1-8-6-14-7-11(15-8)9-4-2-3-5-10(9)12(13)16/h2-7H,1H3,(H2,13,16). The minimum Gasteiger partial charge on any atom is -0.366 e. The zero-order valence-electron chi connectivity index (χ0n) is 8.84. The SMILES string of the molecule is Cc1cncc(-c2ccccc2C(N)=O)n1. The van der Waals surface area contributed by atoms with Gasteiger partial charge < -0.3 is 5.73 Å². The first kappa shape index (κ1) is 10.3. The molecule has 4 nitrogen and oxygen atoms in total. The van der Waals surface area contributed by atoms with Crippen molar-refractivity contribution in [3.05, 3.63) is 47.9 Å². The predicted octanol–water partition coefficient (Wildman–Crippen LogP) is 1.55. The van der Waals surface area contributed by atoms with Crippen molar-refractivity contribution in [2.45, 2.75) is 6.92 Å². The molecule has 4 heteroatoms. The van der Waals surface area contributed by atoms with Crippen LogP contribution in [-0.4, -0.2) is 15.9 Å². The molecule has 0 saturated heterocycles. The van der Waals surface area contributed by atoms with Crippen LogP contribution in [0, 0.1) is 6.92 Å². The minimum atomic E-state index is -0.459. The Hall–Kier alpha value is -2.23. The number of aryl methyl sites for hydroxylation is 1. The number of rotatable bonds is 2. The van der Waals surface area contributed by atoms with Crippen LogP contribution in [0.2, 0.25) is 0 Å². The highest BCUT2D eigenvalue weighted by atomic mass is 16.1. The van der Waals surface area contributed by atoms with Crippen LogP contribution < -0.4 is 5.73 Å². The van der Waals surface area contributed by atoms with Crippen molar-refractivity contribution in [1.29, 1.82) is 0 Å². The summed E-state index contributed by atoms with van der Waals surface area (Å²) in [7, 11) is 0. The van der Waals surface area contributed by atoms with Crippen LogP contribution in [0.1, 0.15) is 16.1 Å². The number of aromatic nitrogens is 2. The Morgan fingerprint density at radius 1 is 1.25 bits per heavy atom. The number of hydrogen-bond acceptors (Lipinski definition) is 3. The fourth-order valence-electron chi connectivity index (χ4n) is 1.51. The van der Waals surface area contributed by atoms with Crippen molar-refractivity contribution in [3.8, 4) is 11.3 Å². The summed E-state index contributed by atoms with van der Waals surface area (Å²) in [6, 6.07) is 7.10. The number of nitrogens with zero attached hydrogens (tertiary/aromatic N) is 2. The van der Waals surface area contributed by atoms with E-state index in [1.165, 1.54) is 0 Å². The average molecular weight is 213 g/mol. The number of amides is 1. The van der Waals surface area contributed by atoms with E-state index in [9.17, 15) is 4.79 Å². The summed E-state index contributed by atoms with van der Waals surface area (Å²) in [5.41, 5.74) is 7.94. The Balaban J connectivity index is 2.60. The smallest absolute Gasteiger partial charge is 0.249 e. The van der Waals surface area contributed by atoms with Crippen LogP contribution in [0.4, 0.5) is 0 Å². The minimum absolute atomic E-state index is 0.459. The van der Waals surface area contributed by atoms with Crippen molar-refractivity contribution in [1.82, 2.24) is 9.97 Å². The third-order valence-electron chi connectivity index (χ3n) is 2.22. The third kappa shape index (κ3) is 1.91. The Bertz CT molecular complexity index is 537. The van der Waals surface area contributed by atoms with E-state index in [-0.39, 0.29) is 0 Å². The molecule has 16 heavy (non-hydrogen) atoms. The molecule has 0 spiro atoms. The fraction of sp³-hybridized carbons (Fsp3) is 0.0833. The molecule has 0 saturated carbocycles. The van der Waals surface area contributed by atoms with Crippen molar-refractivity contribution < 1.29 is 4.79 Å². The zero-order valence-corrected chi connectivity index (χ0v) is 8.84. The number of primary amides is 1. The summed E-state index contributed by atoms with van der Waals surface area (Å²) < 4.78 is 0. The fourth-order valence-corrected chi connectivity index (χ4v) is 1.51. The van der Waals surface area contributed by atoms with Crippen LogP contribution in [0.15, 0.2) is 36.7 Å². The molecule has 1 aromatic heterocycles. The largest absolute Gasteiger partial charge is 0.366 e. The highest BCUT2D eigenvalue weighted by molar-refractivity contribution is 5.99. The highest BCUT2D eigenvalue weighted by Gasteiger charge is 2.10. The Kier molecular flexibility index (Phi) is 2.64. The number of hydrogen-bond donors (Lipinski definition) is 1. The van der Waals surface area contributed by atoms with Gasteiger partial charge in [0, 0.05) is 17.3 Å². The van der Waals surface area contributed by atoms with Gasteiger partial charge in [-0.1, -0.05) is 18.2 Å². The normalized spacial score (nSPS) is 10.1. The molecule has 2 aromatic rings. The molecule has 0 fully saturated rings. The van der Waals surface area contributed by atoms with Gasteiger partial charge in [0.15, 0.2) is 0 Å². The highest BCUT2D eigenvalue weighted by Crippen LogP contribution is 2.20. The number of carbonyl (C=O) groups is 1. The van der Waals surface area contributed by atoms with Gasteiger partial charge >= 0.3 is 0 Å². The maximum Gasteiger partial charge on any atom is 0.249 e. The molecule has 0 aliphatic rings. The van der Waals surface area contributed by atoms with E-state index in [4.69, 9.17) is 5.73 Å². The molecule has 1 amide bonds. The number of nitrogens with two attached hydrogens (primary N) is 1. The molecular weight excluding hydrogens is 202 g/mol. The Morgan fingerprint density at radius 3 is 2.69 bits per heavy atom. The van der Waals surface area contributed by atoms with Crippen molar-refractivity contribution in [3.63, 3.8) is 0 Å². The maximum absolute atomic E-state index is 11.3. The second kappa shape index (κ2) is 4.10. The lowest BCUT2D eigenvalue weighted by Crippen LogP contribution is -2.12. The van der Waals surface area contributed by atoms with Crippen LogP contribution in [-0.2, 0) is 0 Å². The summed E-state index contributed by atoms with van der Waals surface area (Å²) in [5.74, 6) is -0.459. The Labute approximate surface area is 93.2 Å². The van der Waals surface area contributed by atoms with Gasteiger partial charge in [-0.3, -0.25) is 9.78 Å². The molecular formula is C12H11N3O. The molecule has 0 aliphatic carbocycles. The first-order chi connectivity index (χ1) is 7.68. The molecule has 0 atom stereocenters. The summed E-state index contributed by atoms with van der Waals surface area (Å²) in [6.45, 7) is 1.85. The molecule has 2 rings (SSSR count). The molecule has 1 heterocycles. The van der Waals surface area contributed by atoms with E-state index in [0.29, 0.717) is 16.8 Å². The molecule has 2 N–H and O–H groups in total. The van der Waals surface area contributed by atoms with Gasteiger partial charge in [-0.25, -0.2) is 4.98 Å². The van der Waals surface area contributed by atoms with Gasteiger partial charge in [0.2, 0.25) is 5.91 Å². The third-order valence-corrected chi connectivity index (χ3v) is 2.22. The van der Waals surface area contributed by atoms with E-state index in [2.05, 4.69) is 9.97 Å². The van der Waals surface area contributed by atoms with E-state index in [1.54, 1.807) is 24.5 Å². The summed E-state index contributed by atoms with van der Waals surface area (Å²) in [5, 5.41) is 0. The van der Waals surface area contributed by atoms with Crippen LogP contribution >= 0.6 is 0 Å². The van der Waals surface area contributed by atoms with Crippen molar-refractivity contribution in [2.24, 2.45) is 5.73 Å². The first-order valence-electron chi connectivity index (χ1n) is 4.86. The van der Waals surface area contributed by atoms with E-state index < -0.39 is 5.91 Å². The lowest BCUT2D eigenvalue weighted by atomic mass is 10.0. The van der Waals surface area contributed by atoms with Gasteiger partial charge in [0.05, 0.1) is 17.6 Å². The summed E-state index contributed by atoms with van der Waals surface area (Å²) in [4.78, 5) is 19.6. The van der Waals surface area contributed by atoms with E-state index in [1.807, 2.05) is 19.1 Å². The zero-order chi connectivity index (χ0) is 11.5. The quantitative estimate of drug-likeness (QED) is 0.822. The van der Waals surface area contributed by atoms with Crippen LogP contribution in [0.3, 0.4) is 0 Å². The second-order valence-corrected chi connectivity index (χ2v) is 3.46. The van der Waals surface area contributed by atoms with E-state index >= 15 is 0 Å². The van der Waals surface area contributed by atoms with Gasteiger partial charge in [0.1, 0.15) is 0 Å². The van der Waals surface area contributed by atoms with Gasteiger partial charge in [-0.2, -0.15) is 0 Å². The molecule has 0 aliphatic heterocycles. The maximum atomic E-state index is 11.3. The molecule has 1 aromatic carbocycles. The lowest BCUT2D eigenvalue weighted by Gasteiger charge is -2.05. The second-order valence-electron chi connectivity index (χ2n) is 3.46. The summed E-state index contributed by atoms with van der Waals surface area (Å²) >= 11 is 0. The van der Waals surface area contributed by atoms with Gasteiger partial charge in [-0.05, 0) is 13.0 Å². The van der Waals surface area contributed by atoms with Crippen molar-refractivity contribution in [2.75, 3.05) is 0 Å². The molecule has 80 valence electrons. The van der Waals surface area contributed by atoms with Crippen molar-refractivity contribution >= 4 is 5.91 Å². The summed E-state index contributed by atoms with van der Waals surface area (Å²) in [6.07, 6.45) is 3.28. The topological polar surface area (TPSA) is 68.9 Å². The Morgan fingerprint density at radius 2 is 2.00 bits per heavy atom. The average Bonchev–Trinajstić information content (AvgIpc) is 2.29. The number of carbonyl (C=O) groups excluding carboxylic acids is 1. The lowest BCUT2D eigenvalue weighted by molar-refractivity contribution is 0.100. The van der Waals surface area contributed by atoms with Crippen LogP contribution in [0.5, 0.6) is 0 Å². The molecule has 0 bridgehead atoms. The predicted molar refractivity (Wildman–Crippen MR) is 60.7 cm³/mol. The molecule has 0 unspecified atom stereocenters. The molecule has 0 radical (unpaired) electrons. The van der Waals surface area contributed by atoms with Gasteiger partial charge in [-0.15, -0.1) is 0 Å². The number of benzene rings is 1. The van der Waals surface area contributed by atoms with Crippen LogP contribution in [0.25, 0.3) is 11.3 Å². The van der Waals surface area contributed by atoms with E-state index in [0.717, 1.165) is 5.69 Å².